The molecule has 3 rings (SSSR count). The summed E-state index contributed by atoms with van der Waals surface area (Å²) >= 11 is 0. The lowest BCUT2D eigenvalue weighted by Crippen LogP contribution is -2.28. The lowest BCUT2D eigenvalue weighted by molar-refractivity contribution is 0.576. The third-order valence-electron chi connectivity index (χ3n) is 4.24. The number of nitrogens with one attached hydrogen (secondary N) is 2. The predicted molar refractivity (Wildman–Crippen MR) is 84.8 cm³/mol. The molecule has 0 aliphatic heterocycles. The third-order valence-corrected chi connectivity index (χ3v) is 5.82. The Bertz CT molecular complexity index is 592. The highest BCUT2D eigenvalue weighted by Crippen LogP contribution is 2.35. The van der Waals surface area contributed by atoms with Crippen molar-refractivity contribution < 1.29 is 8.42 Å². The van der Waals surface area contributed by atoms with E-state index in [1.807, 2.05) is 12.1 Å². The molecule has 1 aromatic carbocycles. The maximum absolute atomic E-state index is 12.5. The SMILES string of the molecule is CCC(CC1CC1)Nc1ccccc1S(=O)(=O)NC1CC1. The molecule has 2 aliphatic carbocycles. The molecule has 116 valence electrons. The Hall–Kier alpha value is -1.07. The summed E-state index contributed by atoms with van der Waals surface area (Å²) in [7, 11) is -3.41. The first-order valence-corrected chi connectivity index (χ1v) is 9.44. The van der Waals surface area contributed by atoms with Crippen LogP contribution in [0.4, 0.5) is 5.69 Å². The highest BCUT2D eigenvalue weighted by Gasteiger charge is 2.30. The fourth-order valence-corrected chi connectivity index (χ4v) is 4.08. The number of para-hydroxylation sites is 1. The first-order chi connectivity index (χ1) is 10.1. The number of benzene rings is 1. The summed E-state index contributed by atoms with van der Waals surface area (Å²) in [5.74, 6) is 0.829. The van der Waals surface area contributed by atoms with Crippen molar-refractivity contribution in [1.29, 1.82) is 0 Å². The van der Waals surface area contributed by atoms with Gasteiger partial charge in [-0.1, -0.05) is 31.9 Å². The maximum Gasteiger partial charge on any atom is 0.242 e. The van der Waals surface area contributed by atoms with Gasteiger partial charge >= 0.3 is 0 Å². The molecule has 0 radical (unpaired) electrons. The van der Waals surface area contributed by atoms with Crippen LogP contribution in [0.15, 0.2) is 29.2 Å². The largest absolute Gasteiger partial charge is 0.381 e. The van der Waals surface area contributed by atoms with Crippen LogP contribution < -0.4 is 10.0 Å². The number of sulfonamides is 1. The number of rotatable bonds is 8. The van der Waals surface area contributed by atoms with Crippen molar-refractivity contribution in [1.82, 2.24) is 4.72 Å². The van der Waals surface area contributed by atoms with Crippen molar-refractivity contribution in [2.24, 2.45) is 5.92 Å². The lowest BCUT2D eigenvalue weighted by atomic mass is 10.1. The van der Waals surface area contributed by atoms with E-state index in [2.05, 4.69) is 17.0 Å². The minimum absolute atomic E-state index is 0.136. The van der Waals surface area contributed by atoms with Crippen LogP contribution in [0.3, 0.4) is 0 Å². The van der Waals surface area contributed by atoms with Crippen molar-refractivity contribution in [3.05, 3.63) is 24.3 Å². The molecule has 4 nitrogen and oxygen atoms in total. The molecule has 0 aromatic heterocycles. The van der Waals surface area contributed by atoms with Crippen LogP contribution in [0.25, 0.3) is 0 Å². The summed E-state index contributed by atoms with van der Waals surface area (Å²) in [6.45, 7) is 2.15. The zero-order valence-corrected chi connectivity index (χ0v) is 13.3. The fraction of sp³-hybridized carbons (Fsp3) is 0.625. The number of anilines is 1. The van der Waals surface area contributed by atoms with Gasteiger partial charge in [-0.3, -0.25) is 0 Å². The van der Waals surface area contributed by atoms with Crippen LogP contribution in [0.5, 0.6) is 0 Å². The molecule has 0 amide bonds. The van der Waals surface area contributed by atoms with E-state index in [1.165, 1.54) is 12.8 Å². The summed E-state index contributed by atoms with van der Waals surface area (Å²) in [5, 5.41) is 3.45. The lowest BCUT2D eigenvalue weighted by Gasteiger charge is -2.20. The second-order valence-electron chi connectivity index (χ2n) is 6.32. The van der Waals surface area contributed by atoms with E-state index in [0.29, 0.717) is 10.9 Å². The molecule has 2 aliphatic rings. The van der Waals surface area contributed by atoms with Gasteiger partial charge in [0.2, 0.25) is 10.0 Å². The standard InChI is InChI=1S/C16H24N2O2S/c1-2-13(11-12-7-8-12)17-15-5-3-4-6-16(15)21(19,20)18-14-9-10-14/h3-6,12-14,17-18H,2,7-11H2,1H3. The van der Waals surface area contributed by atoms with Gasteiger partial charge in [-0.2, -0.15) is 0 Å². The summed E-state index contributed by atoms with van der Waals surface area (Å²) in [6.07, 6.45) is 6.70. The van der Waals surface area contributed by atoms with Crippen molar-refractivity contribution in [3.63, 3.8) is 0 Å². The predicted octanol–water partition coefficient (Wildman–Crippen LogP) is 3.12. The van der Waals surface area contributed by atoms with Crippen molar-refractivity contribution in [3.8, 4) is 0 Å². The molecule has 21 heavy (non-hydrogen) atoms. The highest BCUT2D eigenvalue weighted by molar-refractivity contribution is 7.89. The molecule has 5 heteroatoms. The van der Waals surface area contributed by atoms with E-state index >= 15 is 0 Å². The van der Waals surface area contributed by atoms with Crippen LogP contribution in [-0.2, 0) is 10.0 Å². The molecule has 0 bridgehead atoms. The average molecular weight is 308 g/mol. The summed E-state index contributed by atoms with van der Waals surface area (Å²) in [4.78, 5) is 0.381. The van der Waals surface area contributed by atoms with E-state index in [9.17, 15) is 8.42 Å². The monoisotopic (exact) mass is 308 g/mol. The Morgan fingerprint density at radius 1 is 1.19 bits per heavy atom. The Morgan fingerprint density at radius 2 is 1.90 bits per heavy atom. The second kappa shape index (κ2) is 5.97. The molecule has 0 saturated heterocycles. The van der Waals surface area contributed by atoms with Gasteiger partial charge in [0.1, 0.15) is 4.90 Å². The smallest absolute Gasteiger partial charge is 0.242 e. The normalized spacial score (nSPS) is 20.2. The van der Waals surface area contributed by atoms with E-state index in [0.717, 1.165) is 37.3 Å². The van der Waals surface area contributed by atoms with E-state index < -0.39 is 10.0 Å². The van der Waals surface area contributed by atoms with Gasteiger partial charge in [-0.25, -0.2) is 13.1 Å². The Labute approximate surface area is 127 Å². The van der Waals surface area contributed by atoms with Gasteiger partial charge in [-0.05, 0) is 43.7 Å². The molecular weight excluding hydrogens is 284 g/mol. The topological polar surface area (TPSA) is 58.2 Å². The molecule has 2 N–H and O–H groups in total. The minimum atomic E-state index is -3.41. The zero-order valence-electron chi connectivity index (χ0n) is 12.5. The van der Waals surface area contributed by atoms with Crippen molar-refractivity contribution in [2.75, 3.05) is 5.32 Å². The highest BCUT2D eigenvalue weighted by atomic mass is 32.2. The van der Waals surface area contributed by atoms with Crippen LogP contribution in [-0.4, -0.2) is 20.5 Å². The van der Waals surface area contributed by atoms with Crippen LogP contribution in [0.2, 0.25) is 0 Å². The molecule has 0 heterocycles. The molecule has 2 fully saturated rings. The quantitative estimate of drug-likeness (QED) is 0.776. The van der Waals surface area contributed by atoms with Crippen LogP contribution >= 0.6 is 0 Å². The van der Waals surface area contributed by atoms with Gasteiger partial charge in [0.05, 0.1) is 5.69 Å². The van der Waals surface area contributed by atoms with Crippen LogP contribution in [0.1, 0.15) is 45.4 Å². The Kier molecular flexibility index (Phi) is 4.22. The maximum atomic E-state index is 12.5. The Morgan fingerprint density at radius 3 is 2.52 bits per heavy atom. The summed E-state index contributed by atoms with van der Waals surface area (Å²) < 4.78 is 27.7. The minimum Gasteiger partial charge on any atom is -0.381 e. The van der Waals surface area contributed by atoms with Gasteiger partial charge in [0.25, 0.3) is 0 Å². The number of hydrogen-bond acceptors (Lipinski definition) is 3. The molecule has 2 saturated carbocycles. The first-order valence-electron chi connectivity index (χ1n) is 7.96. The first kappa shape index (κ1) is 14.9. The fourth-order valence-electron chi connectivity index (χ4n) is 2.61. The van der Waals surface area contributed by atoms with Gasteiger partial charge in [0, 0.05) is 12.1 Å². The second-order valence-corrected chi connectivity index (χ2v) is 8.00. The zero-order chi connectivity index (χ0) is 14.9. The van der Waals surface area contributed by atoms with Crippen LogP contribution in [0, 0.1) is 5.92 Å². The van der Waals surface area contributed by atoms with E-state index in [-0.39, 0.29) is 6.04 Å². The average Bonchev–Trinajstić information content (AvgIpc) is 3.35. The van der Waals surface area contributed by atoms with E-state index in [4.69, 9.17) is 0 Å². The number of hydrogen-bond donors (Lipinski definition) is 2. The molecular formula is C16H24N2O2S. The van der Waals surface area contributed by atoms with Crippen molar-refractivity contribution in [2.45, 2.75) is 62.4 Å². The van der Waals surface area contributed by atoms with Crippen molar-refractivity contribution >= 4 is 15.7 Å². The molecule has 1 unspecified atom stereocenters. The van der Waals surface area contributed by atoms with Gasteiger partial charge in [0.15, 0.2) is 0 Å². The molecule has 0 spiro atoms. The van der Waals surface area contributed by atoms with E-state index in [1.54, 1.807) is 12.1 Å². The van der Waals surface area contributed by atoms with Gasteiger partial charge < -0.3 is 5.32 Å². The third kappa shape index (κ3) is 3.98. The summed E-state index contributed by atoms with van der Waals surface area (Å²) in [6, 6.07) is 7.73. The molecule has 1 atom stereocenters. The summed E-state index contributed by atoms with van der Waals surface area (Å²) in [5.41, 5.74) is 0.734. The van der Waals surface area contributed by atoms with Gasteiger partial charge in [-0.15, -0.1) is 0 Å². The molecule has 1 aromatic rings. The Balaban J connectivity index is 1.77.